The predicted molar refractivity (Wildman–Crippen MR) is 99.4 cm³/mol. The Hall–Kier alpha value is -3.20. The molecule has 3 nitrogen and oxygen atoms in total. The van der Waals surface area contributed by atoms with Crippen LogP contribution in [0, 0.1) is 0 Å². The second kappa shape index (κ2) is 4.50. The third-order valence-corrected chi connectivity index (χ3v) is 6.06. The zero-order chi connectivity index (χ0) is 17.6. The lowest BCUT2D eigenvalue weighted by Crippen LogP contribution is -2.24. The highest BCUT2D eigenvalue weighted by Crippen LogP contribution is 2.52. The molecule has 26 heavy (non-hydrogen) atoms. The summed E-state index contributed by atoms with van der Waals surface area (Å²) in [5.74, 6) is -0.352. The van der Waals surface area contributed by atoms with Crippen LogP contribution < -0.4 is 0 Å². The summed E-state index contributed by atoms with van der Waals surface area (Å²) in [6, 6.07) is 16.5. The number of benzene rings is 3. The topological polar surface area (TPSA) is 37.4 Å². The number of hydrogen-bond donors (Lipinski definition) is 0. The highest BCUT2D eigenvalue weighted by atomic mass is 16.2. The van der Waals surface area contributed by atoms with Crippen molar-refractivity contribution in [3.8, 4) is 22.3 Å². The van der Waals surface area contributed by atoms with E-state index in [2.05, 4.69) is 24.3 Å². The van der Waals surface area contributed by atoms with Crippen LogP contribution in [-0.4, -0.2) is 23.8 Å². The number of imide groups is 1. The number of hydrogen-bond acceptors (Lipinski definition) is 2. The number of nitrogens with zero attached hydrogens (tertiary/aromatic N) is 1. The third kappa shape index (κ3) is 1.46. The Balaban J connectivity index is 1.80. The molecule has 3 aromatic rings. The summed E-state index contributed by atoms with van der Waals surface area (Å²) < 4.78 is 0. The molecular weight excluding hydrogens is 322 g/mol. The Morgan fingerprint density at radius 3 is 1.54 bits per heavy atom. The maximum Gasteiger partial charge on any atom is 0.261 e. The number of carbonyl (C=O) groups excluding carboxylic acids is 2. The van der Waals surface area contributed by atoms with Crippen LogP contribution in [0.4, 0.5) is 0 Å². The Labute approximate surface area is 150 Å². The lowest BCUT2D eigenvalue weighted by atomic mass is 9.87. The molecule has 0 radical (unpaired) electrons. The van der Waals surface area contributed by atoms with Gasteiger partial charge in [-0.05, 0) is 57.3 Å². The van der Waals surface area contributed by atoms with Gasteiger partial charge in [0.05, 0.1) is 11.1 Å². The van der Waals surface area contributed by atoms with E-state index in [9.17, 15) is 9.59 Å². The molecule has 1 aliphatic heterocycles. The molecule has 3 heteroatoms. The monoisotopic (exact) mass is 337 g/mol. The first-order valence-corrected chi connectivity index (χ1v) is 8.87. The summed E-state index contributed by atoms with van der Waals surface area (Å²) in [4.78, 5) is 27.3. The maximum absolute atomic E-state index is 13.0. The molecule has 0 saturated heterocycles. The summed E-state index contributed by atoms with van der Waals surface area (Å²) >= 11 is 0. The molecule has 0 bridgehead atoms. The number of rotatable bonds is 0. The fourth-order valence-electron chi connectivity index (χ4n) is 4.91. The van der Waals surface area contributed by atoms with Crippen LogP contribution in [0.3, 0.4) is 0 Å². The van der Waals surface area contributed by atoms with Crippen LogP contribution in [0.2, 0.25) is 0 Å². The molecule has 0 aromatic heterocycles. The quantitative estimate of drug-likeness (QED) is 0.400. The molecule has 0 atom stereocenters. The molecule has 1 heterocycles. The third-order valence-electron chi connectivity index (χ3n) is 6.06. The lowest BCUT2D eigenvalue weighted by molar-refractivity contribution is 0.0693. The fraction of sp³-hybridized carbons (Fsp3) is 0.130. The Bertz CT molecular complexity index is 1100. The van der Waals surface area contributed by atoms with E-state index in [1.807, 2.05) is 24.3 Å². The zero-order valence-corrected chi connectivity index (χ0v) is 14.3. The molecule has 3 aromatic carbocycles. The molecule has 3 aliphatic rings. The van der Waals surface area contributed by atoms with Gasteiger partial charge in [-0.2, -0.15) is 0 Å². The summed E-state index contributed by atoms with van der Waals surface area (Å²) in [7, 11) is 1.59. The molecule has 0 fully saturated rings. The van der Waals surface area contributed by atoms with Gasteiger partial charge in [-0.25, -0.2) is 0 Å². The van der Waals surface area contributed by atoms with E-state index in [-0.39, 0.29) is 11.8 Å². The van der Waals surface area contributed by atoms with E-state index >= 15 is 0 Å². The van der Waals surface area contributed by atoms with Crippen LogP contribution in [-0.2, 0) is 12.8 Å². The number of amides is 2. The van der Waals surface area contributed by atoms with E-state index in [1.165, 1.54) is 27.2 Å². The Morgan fingerprint density at radius 2 is 1.08 bits per heavy atom. The molecular formula is C23H15NO2. The van der Waals surface area contributed by atoms with Crippen LogP contribution in [0.5, 0.6) is 0 Å². The first-order chi connectivity index (χ1) is 12.7. The van der Waals surface area contributed by atoms with Crippen molar-refractivity contribution in [2.75, 3.05) is 7.05 Å². The predicted octanol–water partition coefficient (Wildman–Crippen LogP) is 4.05. The minimum Gasteiger partial charge on any atom is -0.277 e. The van der Waals surface area contributed by atoms with Gasteiger partial charge in [0.15, 0.2) is 0 Å². The first-order valence-electron chi connectivity index (χ1n) is 8.87. The van der Waals surface area contributed by atoms with Gasteiger partial charge in [0.25, 0.3) is 11.8 Å². The van der Waals surface area contributed by atoms with Crippen molar-refractivity contribution >= 4 is 11.8 Å². The van der Waals surface area contributed by atoms with Crippen molar-refractivity contribution in [1.82, 2.24) is 4.90 Å². The largest absolute Gasteiger partial charge is 0.277 e. The van der Waals surface area contributed by atoms with Crippen molar-refractivity contribution < 1.29 is 9.59 Å². The SMILES string of the molecule is CN1C(=O)c2c(c3c(c4c2-c2ccccc2C4)Cc2ccccc2-3)C1=O. The Morgan fingerprint density at radius 1 is 0.654 bits per heavy atom. The van der Waals surface area contributed by atoms with E-state index in [1.54, 1.807) is 7.05 Å². The fourth-order valence-corrected chi connectivity index (χ4v) is 4.91. The molecule has 124 valence electrons. The summed E-state index contributed by atoms with van der Waals surface area (Å²) in [5.41, 5.74) is 10.3. The molecule has 0 saturated carbocycles. The summed E-state index contributed by atoms with van der Waals surface area (Å²) in [6.07, 6.45) is 1.67. The summed E-state index contributed by atoms with van der Waals surface area (Å²) in [6.45, 7) is 0. The Kier molecular flexibility index (Phi) is 2.42. The number of carbonyl (C=O) groups is 2. The van der Waals surface area contributed by atoms with Crippen molar-refractivity contribution in [2.24, 2.45) is 0 Å². The highest BCUT2D eigenvalue weighted by Gasteiger charge is 2.44. The van der Waals surface area contributed by atoms with Gasteiger partial charge in [-0.1, -0.05) is 48.5 Å². The maximum atomic E-state index is 13.0. The van der Waals surface area contributed by atoms with Gasteiger partial charge in [0, 0.05) is 7.05 Å². The average molecular weight is 337 g/mol. The van der Waals surface area contributed by atoms with E-state index in [4.69, 9.17) is 0 Å². The van der Waals surface area contributed by atoms with Crippen molar-refractivity contribution in [1.29, 1.82) is 0 Å². The smallest absolute Gasteiger partial charge is 0.261 e. The first kappa shape index (κ1) is 14.0. The molecule has 0 spiro atoms. The summed E-state index contributed by atoms with van der Waals surface area (Å²) in [5, 5.41) is 0. The van der Waals surface area contributed by atoms with Gasteiger partial charge in [-0.3, -0.25) is 14.5 Å². The number of fused-ring (bicyclic) bond motifs is 10. The minimum absolute atomic E-state index is 0.176. The van der Waals surface area contributed by atoms with Crippen molar-refractivity contribution in [3.63, 3.8) is 0 Å². The van der Waals surface area contributed by atoms with E-state index in [0.717, 1.165) is 35.1 Å². The lowest BCUT2D eigenvalue weighted by Gasteiger charge is -2.13. The van der Waals surface area contributed by atoms with Crippen molar-refractivity contribution in [3.05, 3.63) is 81.9 Å². The van der Waals surface area contributed by atoms with Gasteiger partial charge in [-0.15, -0.1) is 0 Å². The second-order valence-corrected chi connectivity index (χ2v) is 7.29. The standard InChI is InChI=1S/C23H15NO2/c1-24-22(25)20-18-14-8-4-2-6-12(14)10-16(18)17-11-13-7-3-5-9-15(13)19(17)21(20)23(24)26/h2-9H,10-11H2,1H3. The zero-order valence-electron chi connectivity index (χ0n) is 14.3. The molecule has 0 N–H and O–H groups in total. The molecule has 2 amide bonds. The van der Waals surface area contributed by atoms with Crippen LogP contribution in [0.15, 0.2) is 48.5 Å². The second-order valence-electron chi connectivity index (χ2n) is 7.29. The molecule has 6 rings (SSSR count). The minimum atomic E-state index is -0.176. The van der Waals surface area contributed by atoms with E-state index < -0.39 is 0 Å². The highest BCUT2D eigenvalue weighted by molar-refractivity contribution is 6.27. The van der Waals surface area contributed by atoms with Crippen molar-refractivity contribution in [2.45, 2.75) is 12.8 Å². The molecule has 0 unspecified atom stereocenters. The van der Waals surface area contributed by atoms with Crippen LogP contribution in [0.1, 0.15) is 43.0 Å². The van der Waals surface area contributed by atoms with Crippen LogP contribution >= 0.6 is 0 Å². The van der Waals surface area contributed by atoms with Gasteiger partial charge in [0.2, 0.25) is 0 Å². The van der Waals surface area contributed by atoms with Gasteiger partial charge >= 0.3 is 0 Å². The molecule has 2 aliphatic carbocycles. The normalized spacial score (nSPS) is 15.7. The van der Waals surface area contributed by atoms with E-state index in [0.29, 0.717) is 11.1 Å². The van der Waals surface area contributed by atoms with Gasteiger partial charge in [0.1, 0.15) is 0 Å². The van der Waals surface area contributed by atoms with Gasteiger partial charge < -0.3 is 0 Å². The van der Waals surface area contributed by atoms with Crippen LogP contribution in [0.25, 0.3) is 22.3 Å². The average Bonchev–Trinajstić information content (AvgIpc) is 3.29.